The Bertz CT molecular complexity index is 759. The fourth-order valence-corrected chi connectivity index (χ4v) is 2.57. The number of nitrogens with one attached hydrogen (secondary N) is 3. The summed E-state index contributed by atoms with van der Waals surface area (Å²) in [5, 5.41) is 5.52. The van der Waals surface area contributed by atoms with Crippen molar-refractivity contribution in [3.8, 4) is 5.75 Å². The SMILES string of the molecule is CNC(=O)c1ccc(C[NH+](C)[C@@H](C)C(=O)Nc2cccc(OC)c2)cc1. The number of hydrogen-bond donors (Lipinski definition) is 3. The second kappa shape index (κ2) is 9.01. The number of rotatable bonds is 7. The van der Waals surface area contributed by atoms with Gasteiger partial charge in [0, 0.05) is 29.9 Å². The molecule has 0 radical (unpaired) electrons. The normalized spacial score (nSPS) is 12.8. The molecule has 2 aromatic rings. The summed E-state index contributed by atoms with van der Waals surface area (Å²) in [4.78, 5) is 25.1. The van der Waals surface area contributed by atoms with Crippen LogP contribution in [0.25, 0.3) is 0 Å². The lowest BCUT2D eigenvalue weighted by atomic mass is 10.1. The molecule has 6 nitrogen and oxygen atoms in total. The molecule has 0 aliphatic rings. The summed E-state index contributed by atoms with van der Waals surface area (Å²) in [6.07, 6.45) is 0. The summed E-state index contributed by atoms with van der Waals surface area (Å²) in [7, 11) is 5.18. The number of quaternary nitrogens is 1. The Morgan fingerprint density at radius 3 is 2.46 bits per heavy atom. The van der Waals surface area contributed by atoms with Gasteiger partial charge in [0.1, 0.15) is 12.3 Å². The summed E-state index contributed by atoms with van der Waals surface area (Å²) >= 11 is 0. The molecule has 0 saturated carbocycles. The third-order valence-corrected chi connectivity index (χ3v) is 4.40. The molecule has 0 aliphatic carbocycles. The van der Waals surface area contributed by atoms with Crippen molar-refractivity contribution in [2.45, 2.75) is 19.5 Å². The maximum absolute atomic E-state index is 12.5. The molecule has 1 unspecified atom stereocenters. The zero-order valence-corrected chi connectivity index (χ0v) is 15.6. The van der Waals surface area contributed by atoms with E-state index in [1.807, 2.05) is 44.3 Å². The number of carbonyl (C=O) groups is 2. The highest BCUT2D eigenvalue weighted by Gasteiger charge is 2.22. The van der Waals surface area contributed by atoms with E-state index in [1.54, 1.807) is 32.4 Å². The van der Waals surface area contributed by atoms with E-state index in [4.69, 9.17) is 4.74 Å². The number of amides is 2. The van der Waals surface area contributed by atoms with Crippen LogP contribution in [0.1, 0.15) is 22.8 Å². The Morgan fingerprint density at radius 1 is 1.15 bits per heavy atom. The minimum atomic E-state index is -0.236. The number of methoxy groups -OCH3 is 1. The van der Waals surface area contributed by atoms with Crippen molar-refractivity contribution in [3.05, 3.63) is 59.7 Å². The molecule has 26 heavy (non-hydrogen) atoms. The smallest absolute Gasteiger partial charge is 0.282 e. The largest absolute Gasteiger partial charge is 0.497 e. The summed E-state index contributed by atoms with van der Waals surface area (Å²) < 4.78 is 5.17. The van der Waals surface area contributed by atoms with E-state index in [9.17, 15) is 9.59 Å². The predicted molar refractivity (Wildman–Crippen MR) is 102 cm³/mol. The van der Waals surface area contributed by atoms with E-state index in [2.05, 4.69) is 10.6 Å². The minimum Gasteiger partial charge on any atom is -0.497 e. The summed E-state index contributed by atoms with van der Waals surface area (Å²) in [6, 6.07) is 14.5. The molecule has 138 valence electrons. The quantitative estimate of drug-likeness (QED) is 0.696. The number of anilines is 1. The number of hydrogen-bond acceptors (Lipinski definition) is 3. The molecule has 0 aliphatic heterocycles. The van der Waals surface area contributed by atoms with Gasteiger partial charge in [-0.05, 0) is 31.2 Å². The first kappa shape index (κ1) is 19.5. The second-order valence-corrected chi connectivity index (χ2v) is 6.24. The van der Waals surface area contributed by atoms with Crippen molar-refractivity contribution in [3.63, 3.8) is 0 Å². The third-order valence-electron chi connectivity index (χ3n) is 4.40. The molecule has 2 rings (SSSR count). The van der Waals surface area contributed by atoms with Crippen LogP contribution in [-0.2, 0) is 11.3 Å². The monoisotopic (exact) mass is 356 g/mol. The van der Waals surface area contributed by atoms with Crippen molar-refractivity contribution < 1.29 is 19.2 Å². The summed E-state index contributed by atoms with van der Waals surface area (Å²) in [6.45, 7) is 2.57. The van der Waals surface area contributed by atoms with Crippen molar-refractivity contribution in [2.75, 3.05) is 26.5 Å². The van der Waals surface area contributed by atoms with Crippen LogP contribution < -0.4 is 20.3 Å². The van der Waals surface area contributed by atoms with Gasteiger partial charge in [-0.2, -0.15) is 0 Å². The lowest BCUT2D eigenvalue weighted by molar-refractivity contribution is -0.907. The average molecular weight is 356 g/mol. The van der Waals surface area contributed by atoms with Gasteiger partial charge < -0.3 is 20.3 Å². The van der Waals surface area contributed by atoms with Gasteiger partial charge in [-0.1, -0.05) is 18.2 Å². The van der Waals surface area contributed by atoms with Crippen LogP contribution in [0.4, 0.5) is 5.69 Å². The lowest BCUT2D eigenvalue weighted by Crippen LogP contribution is -3.12. The Hall–Kier alpha value is -2.86. The topological polar surface area (TPSA) is 71.9 Å². The highest BCUT2D eigenvalue weighted by molar-refractivity contribution is 5.94. The Morgan fingerprint density at radius 2 is 1.85 bits per heavy atom. The number of carbonyl (C=O) groups excluding carboxylic acids is 2. The summed E-state index contributed by atoms with van der Waals surface area (Å²) in [5.74, 6) is 0.536. The van der Waals surface area contributed by atoms with Gasteiger partial charge in [-0.25, -0.2) is 0 Å². The molecule has 0 bridgehead atoms. The molecule has 0 fully saturated rings. The Labute approximate surface area is 154 Å². The average Bonchev–Trinajstić information content (AvgIpc) is 2.67. The Kier molecular flexibility index (Phi) is 6.74. The number of benzene rings is 2. The molecular formula is C20H26N3O3+. The van der Waals surface area contributed by atoms with Gasteiger partial charge in [0.15, 0.2) is 6.04 Å². The van der Waals surface area contributed by atoms with Crippen LogP contribution in [-0.4, -0.2) is 39.1 Å². The summed E-state index contributed by atoms with van der Waals surface area (Å²) in [5.41, 5.74) is 2.40. The molecule has 6 heteroatoms. The van der Waals surface area contributed by atoms with Crippen LogP contribution in [0.2, 0.25) is 0 Å². The van der Waals surface area contributed by atoms with Crippen molar-refractivity contribution in [2.24, 2.45) is 0 Å². The highest BCUT2D eigenvalue weighted by atomic mass is 16.5. The van der Waals surface area contributed by atoms with E-state index >= 15 is 0 Å². The molecule has 2 atom stereocenters. The van der Waals surface area contributed by atoms with Gasteiger partial charge in [-0.3, -0.25) is 9.59 Å². The van der Waals surface area contributed by atoms with Crippen LogP contribution >= 0.6 is 0 Å². The standard InChI is InChI=1S/C20H25N3O3/c1-14(19(24)22-17-6-5-7-18(12-17)26-4)23(3)13-15-8-10-16(11-9-15)20(25)21-2/h5-12,14H,13H2,1-4H3,(H,21,25)(H,22,24)/p+1/t14-/m0/s1. The fourth-order valence-electron chi connectivity index (χ4n) is 2.57. The van der Waals surface area contributed by atoms with Gasteiger partial charge in [0.2, 0.25) is 0 Å². The van der Waals surface area contributed by atoms with Crippen molar-refractivity contribution in [1.29, 1.82) is 0 Å². The lowest BCUT2D eigenvalue weighted by Gasteiger charge is -2.21. The van der Waals surface area contributed by atoms with Gasteiger partial charge in [0.05, 0.1) is 14.2 Å². The van der Waals surface area contributed by atoms with E-state index in [1.165, 1.54) is 0 Å². The van der Waals surface area contributed by atoms with Gasteiger partial charge in [-0.15, -0.1) is 0 Å². The van der Waals surface area contributed by atoms with Crippen LogP contribution in [0.5, 0.6) is 5.75 Å². The molecule has 0 heterocycles. The first-order valence-corrected chi connectivity index (χ1v) is 8.53. The second-order valence-electron chi connectivity index (χ2n) is 6.24. The van der Waals surface area contributed by atoms with E-state index in [0.29, 0.717) is 23.5 Å². The van der Waals surface area contributed by atoms with Gasteiger partial charge >= 0.3 is 0 Å². The Balaban J connectivity index is 1.96. The van der Waals surface area contributed by atoms with E-state index < -0.39 is 0 Å². The van der Waals surface area contributed by atoms with Gasteiger partial charge in [0.25, 0.3) is 11.8 Å². The third kappa shape index (κ3) is 5.07. The zero-order chi connectivity index (χ0) is 19.1. The molecule has 0 saturated heterocycles. The van der Waals surface area contributed by atoms with Crippen molar-refractivity contribution in [1.82, 2.24) is 5.32 Å². The van der Waals surface area contributed by atoms with Crippen LogP contribution in [0, 0.1) is 0 Å². The molecular weight excluding hydrogens is 330 g/mol. The first-order chi connectivity index (χ1) is 12.4. The van der Waals surface area contributed by atoms with E-state index in [0.717, 1.165) is 10.5 Å². The molecule has 0 aromatic heterocycles. The zero-order valence-electron chi connectivity index (χ0n) is 15.6. The molecule has 0 spiro atoms. The van der Waals surface area contributed by atoms with Crippen LogP contribution in [0.15, 0.2) is 48.5 Å². The highest BCUT2D eigenvalue weighted by Crippen LogP contribution is 2.16. The molecule has 2 aromatic carbocycles. The maximum Gasteiger partial charge on any atom is 0.282 e. The molecule has 3 N–H and O–H groups in total. The number of likely N-dealkylation sites (N-methyl/N-ethyl adjacent to an activating group) is 1. The predicted octanol–water partition coefficient (Wildman–Crippen LogP) is 1.10. The minimum absolute atomic E-state index is 0.0577. The number of ether oxygens (including phenoxy) is 1. The molecule has 2 amide bonds. The maximum atomic E-state index is 12.5. The fraction of sp³-hybridized carbons (Fsp3) is 0.300. The van der Waals surface area contributed by atoms with Crippen molar-refractivity contribution >= 4 is 17.5 Å². The first-order valence-electron chi connectivity index (χ1n) is 8.53. The van der Waals surface area contributed by atoms with E-state index in [-0.39, 0.29) is 17.9 Å². The van der Waals surface area contributed by atoms with Crippen LogP contribution in [0.3, 0.4) is 0 Å².